The molecule has 0 aliphatic carbocycles. The fourth-order valence-electron chi connectivity index (χ4n) is 3.07. The SMILES string of the molecule is CCN(CC)CCOc1ccc(NC(=O)COc2ccc(-c3cccs3)cc2Cl)cc1Cl. The second kappa shape index (κ2) is 12.1. The van der Waals surface area contributed by atoms with Crippen LogP contribution < -0.4 is 14.8 Å². The highest BCUT2D eigenvalue weighted by Gasteiger charge is 2.10. The van der Waals surface area contributed by atoms with E-state index in [0.29, 0.717) is 33.8 Å². The monoisotopic (exact) mass is 492 g/mol. The maximum atomic E-state index is 12.3. The molecule has 2 aromatic carbocycles. The smallest absolute Gasteiger partial charge is 0.262 e. The molecule has 0 bridgehead atoms. The van der Waals surface area contributed by atoms with E-state index in [-0.39, 0.29) is 12.5 Å². The maximum absolute atomic E-state index is 12.3. The summed E-state index contributed by atoms with van der Waals surface area (Å²) in [7, 11) is 0. The summed E-state index contributed by atoms with van der Waals surface area (Å²) in [5.74, 6) is 0.734. The van der Waals surface area contributed by atoms with Gasteiger partial charge in [0.2, 0.25) is 0 Å². The highest BCUT2D eigenvalue weighted by molar-refractivity contribution is 7.13. The molecule has 1 heterocycles. The van der Waals surface area contributed by atoms with Gasteiger partial charge < -0.3 is 19.7 Å². The molecule has 8 heteroatoms. The van der Waals surface area contributed by atoms with Crippen LogP contribution in [0.2, 0.25) is 10.0 Å². The average molecular weight is 493 g/mol. The fraction of sp³-hybridized carbons (Fsp3) is 0.292. The van der Waals surface area contributed by atoms with Gasteiger partial charge in [-0.25, -0.2) is 0 Å². The van der Waals surface area contributed by atoms with Crippen LogP contribution in [0.1, 0.15) is 13.8 Å². The van der Waals surface area contributed by atoms with Crippen molar-refractivity contribution < 1.29 is 14.3 Å². The number of nitrogens with one attached hydrogen (secondary N) is 1. The Kier molecular flexibility index (Phi) is 9.23. The van der Waals surface area contributed by atoms with Crippen molar-refractivity contribution in [3.8, 4) is 21.9 Å². The quantitative estimate of drug-likeness (QED) is 0.333. The molecule has 0 atom stereocenters. The van der Waals surface area contributed by atoms with E-state index in [2.05, 4.69) is 24.1 Å². The van der Waals surface area contributed by atoms with Crippen molar-refractivity contribution in [2.45, 2.75) is 13.8 Å². The molecule has 3 rings (SSSR count). The van der Waals surface area contributed by atoms with Crippen LogP contribution in [0.3, 0.4) is 0 Å². The summed E-state index contributed by atoms with van der Waals surface area (Å²) in [6.07, 6.45) is 0. The summed E-state index contributed by atoms with van der Waals surface area (Å²) in [4.78, 5) is 15.7. The standard InChI is InChI=1S/C24H26Cl2N2O3S/c1-3-28(4-2)11-12-30-21-10-8-18(15-20(21)26)27-24(29)16-31-22-9-7-17(14-19(22)25)23-6-5-13-32-23/h5-10,13-15H,3-4,11-12,16H2,1-2H3,(H,27,29). The van der Waals surface area contributed by atoms with Gasteiger partial charge in [-0.3, -0.25) is 4.79 Å². The number of hydrogen-bond acceptors (Lipinski definition) is 5. The van der Waals surface area contributed by atoms with Crippen LogP contribution in [0.5, 0.6) is 11.5 Å². The molecule has 0 unspecified atom stereocenters. The summed E-state index contributed by atoms with van der Waals surface area (Å²) in [5.41, 5.74) is 1.58. The molecular weight excluding hydrogens is 467 g/mol. The fourth-order valence-corrected chi connectivity index (χ4v) is 4.27. The summed E-state index contributed by atoms with van der Waals surface area (Å²) < 4.78 is 11.4. The lowest BCUT2D eigenvalue weighted by Crippen LogP contribution is -2.27. The summed E-state index contributed by atoms with van der Waals surface area (Å²) in [5, 5.41) is 5.68. The molecule has 0 saturated carbocycles. The molecule has 3 aromatic rings. The molecule has 170 valence electrons. The predicted molar refractivity (Wildman–Crippen MR) is 134 cm³/mol. The van der Waals surface area contributed by atoms with Crippen molar-refractivity contribution in [3.05, 3.63) is 64.0 Å². The Bertz CT molecular complexity index is 1020. The van der Waals surface area contributed by atoms with Crippen LogP contribution in [0.25, 0.3) is 10.4 Å². The number of carbonyl (C=O) groups is 1. The molecule has 0 aliphatic heterocycles. The number of likely N-dealkylation sites (N-methyl/N-ethyl adjacent to an activating group) is 1. The van der Waals surface area contributed by atoms with E-state index in [1.165, 1.54) is 0 Å². The number of anilines is 1. The third-order valence-corrected chi connectivity index (χ3v) is 6.38. The topological polar surface area (TPSA) is 50.8 Å². The summed E-state index contributed by atoms with van der Waals surface area (Å²) >= 11 is 14.3. The van der Waals surface area contributed by atoms with E-state index < -0.39 is 0 Å². The van der Waals surface area contributed by atoms with Crippen molar-refractivity contribution in [1.82, 2.24) is 4.90 Å². The van der Waals surface area contributed by atoms with E-state index in [4.69, 9.17) is 32.7 Å². The maximum Gasteiger partial charge on any atom is 0.262 e. The van der Waals surface area contributed by atoms with Crippen LogP contribution in [0.4, 0.5) is 5.69 Å². The number of benzene rings is 2. The molecule has 32 heavy (non-hydrogen) atoms. The summed E-state index contributed by atoms with van der Waals surface area (Å²) in [6, 6.07) is 14.7. The minimum atomic E-state index is -0.310. The number of thiophene rings is 1. The van der Waals surface area contributed by atoms with E-state index in [1.807, 2.05) is 29.6 Å². The highest BCUT2D eigenvalue weighted by Crippen LogP contribution is 2.32. The van der Waals surface area contributed by atoms with Gasteiger partial charge in [-0.2, -0.15) is 0 Å². The lowest BCUT2D eigenvalue weighted by molar-refractivity contribution is -0.118. The van der Waals surface area contributed by atoms with Gasteiger partial charge in [0.15, 0.2) is 6.61 Å². The molecule has 0 radical (unpaired) electrons. The molecule has 1 aromatic heterocycles. The first-order valence-corrected chi connectivity index (χ1v) is 12.0. The number of amides is 1. The van der Waals surface area contributed by atoms with E-state index in [9.17, 15) is 4.79 Å². The van der Waals surface area contributed by atoms with E-state index in [1.54, 1.807) is 35.6 Å². The minimum Gasteiger partial charge on any atom is -0.491 e. The van der Waals surface area contributed by atoms with Gasteiger partial charge in [0.1, 0.15) is 18.1 Å². The molecule has 1 N–H and O–H groups in total. The number of hydrogen-bond donors (Lipinski definition) is 1. The van der Waals surface area contributed by atoms with Crippen LogP contribution in [0, 0.1) is 0 Å². The number of nitrogens with zero attached hydrogens (tertiary/aromatic N) is 1. The number of halogens is 2. The molecule has 5 nitrogen and oxygen atoms in total. The zero-order chi connectivity index (χ0) is 22.9. The lowest BCUT2D eigenvalue weighted by Gasteiger charge is -2.18. The van der Waals surface area contributed by atoms with Gasteiger partial charge >= 0.3 is 0 Å². The Labute approximate surface area is 202 Å². The van der Waals surface area contributed by atoms with Gasteiger partial charge in [-0.05, 0) is 66.5 Å². The largest absolute Gasteiger partial charge is 0.491 e. The van der Waals surface area contributed by atoms with Gasteiger partial charge in [-0.15, -0.1) is 11.3 Å². The zero-order valence-corrected chi connectivity index (χ0v) is 20.4. The second-order valence-electron chi connectivity index (χ2n) is 6.98. The van der Waals surface area contributed by atoms with Crippen LogP contribution in [-0.2, 0) is 4.79 Å². The number of carbonyl (C=O) groups excluding carboxylic acids is 1. The van der Waals surface area contributed by atoms with Crippen LogP contribution >= 0.6 is 34.5 Å². The molecule has 0 saturated heterocycles. The van der Waals surface area contributed by atoms with Crippen molar-refractivity contribution >= 4 is 46.1 Å². The van der Waals surface area contributed by atoms with Crippen molar-refractivity contribution in [3.63, 3.8) is 0 Å². The van der Waals surface area contributed by atoms with Crippen LogP contribution in [0.15, 0.2) is 53.9 Å². The van der Waals surface area contributed by atoms with Crippen molar-refractivity contribution in [1.29, 1.82) is 0 Å². The highest BCUT2D eigenvalue weighted by atomic mass is 35.5. The van der Waals surface area contributed by atoms with E-state index in [0.717, 1.165) is 30.1 Å². The normalized spacial score (nSPS) is 10.9. The molecular formula is C24H26Cl2N2O3S. The third-order valence-electron chi connectivity index (χ3n) is 4.87. The first-order valence-electron chi connectivity index (χ1n) is 10.4. The first-order chi connectivity index (χ1) is 15.5. The zero-order valence-electron chi connectivity index (χ0n) is 18.1. The van der Waals surface area contributed by atoms with Crippen LogP contribution in [-0.4, -0.2) is 43.7 Å². The Morgan fingerprint density at radius 1 is 1.00 bits per heavy atom. The van der Waals surface area contributed by atoms with Gasteiger partial charge in [0.25, 0.3) is 5.91 Å². The lowest BCUT2D eigenvalue weighted by atomic mass is 10.2. The minimum absolute atomic E-state index is 0.169. The van der Waals surface area contributed by atoms with Crippen molar-refractivity contribution in [2.75, 3.05) is 38.2 Å². The van der Waals surface area contributed by atoms with Gasteiger partial charge in [0.05, 0.1) is 10.0 Å². The molecule has 0 fully saturated rings. The van der Waals surface area contributed by atoms with Crippen molar-refractivity contribution in [2.24, 2.45) is 0 Å². The Morgan fingerprint density at radius 3 is 2.38 bits per heavy atom. The summed E-state index contributed by atoms with van der Waals surface area (Å²) in [6.45, 7) is 7.40. The van der Waals surface area contributed by atoms with Gasteiger partial charge in [-0.1, -0.05) is 43.1 Å². The van der Waals surface area contributed by atoms with E-state index >= 15 is 0 Å². The predicted octanol–water partition coefficient (Wildman–Crippen LogP) is 6.46. The third kappa shape index (κ3) is 6.87. The Morgan fingerprint density at radius 2 is 1.72 bits per heavy atom. The molecule has 1 amide bonds. The Balaban J connectivity index is 1.50. The second-order valence-corrected chi connectivity index (χ2v) is 8.74. The Hall–Kier alpha value is -2.25. The first kappa shape index (κ1) is 24.4. The molecule has 0 aliphatic rings. The van der Waals surface area contributed by atoms with Gasteiger partial charge in [0, 0.05) is 17.1 Å². The molecule has 0 spiro atoms. The average Bonchev–Trinajstić information content (AvgIpc) is 3.32. The number of rotatable bonds is 11. The number of ether oxygens (including phenoxy) is 2.